The summed E-state index contributed by atoms with van der Waals surface area (Å²) in [5, 5.41) is 10.00. The minimum absolute atomic E-state index is 0.0737. The Morgan fingerprint density at radius 1 is 1.38 bits per heavy atom. The number of quaternary nitrogens is 1. The average molecular weight is 330 g/mol. The standard InChI is InChI=1S/C18H23N3O3/c1-2-24-12-14(22)10-21-9-8-16-15(11-21)18(23)20-17(19-16)13-6-4-3-5-7-13/h3-7,14,22H,2,8-12H2,1H3,(H,19,20,23)/p+1/t14-/m0/s1. The van der Waals surface area contributed by atoms with Gasteiger partial charge in [-0.3, -0.25) is 4.79 Å². The second-order valence-corrected chi connectivity index (χ2v) is 6.15. The third-order valence-corrected chi connectivity index (χ3v) is 4.33. The van der Waals surface area contributed by atoms with Gasteiger partial charge in [-0.15, -0.1) is 0 Å². The minimum atomic E-state index is -0.503. The molecule has 0 saturated carbocycles. The Morgan fingerprint density at radius 2 is 2.17 bits per heavy atom. The monoisotopic (exact) mass is 330 g/mol. The van der Waals surface area contributed by atoms with Crippen molar-refractivity contribution in [2.75, 3.05) is 26.3 Å². The minimum Gasteiger partial charge on any atom is -0.385 e. The summed E-state index contributed by atoms with van der Waals surface area (Å²) in [6.07, 6.45) is 0.243. The molecule has 1 aliphatic heterocycles. The van der Waals surface area contributed by atoms with E-state index in [1.165, 1.54) is 4.90 Å². The van der Waals surface area contributed by atoms with Crippen LogP contribution in [-0.4, -0.2) is 47.5 Å². The molecule has 1 aromatic carbocycles. The number of aliphatic hydroxyl groups excluding tert-OH is 1. The molecule has 6 nitrogen and oxygen atoms in total. The maximum absolute atomic E-state index is 12.5. The van der Waals surface area contributed by atoms with Crippen molar-refractivity contribution in [1.29, 1.82) is 0 Å². The highest BCUT2D eigenvalue weighted by molar-refractivity contribution is 5.54. The summed E-state index contributed by atoms with van der Waals surface area (Å²) >= 11 is 0. The number of fused-ring (bicyclic) bond motifs is 1. The molecule has 3 rings (SSSR count). The van der Waals surface area contributed by atoms with E-state index < -0.39 is 6.10 Å². The predicted molar refractivity (Wildman–Crippen MR) is 90.9 cm³/mol. The molecule has 2 aromatic rings. The van der Waals surface area contributed by atoms with Crippen LogP contribution in [0, 0.1) is 0 Å². The Morgan fingerprint density at radius 3 is 2.92 bits per heavy atom. The first-order chi connectivity index (χ1) is 11.7. The van der Waals surface area contributed by atoms with E-state index in [4.69, 9.17) is 4.74 Å². The quantitative estimate of drug-likeness (QED) is 0.684. The highest BCUT2D eigenvalue weighted by Crippen LogP contribution is 2.14. The number of ether oxygens (including phenoxy) is 1. The first-order valence-corrected chi connectivity index (χ1v) is 8.44. The van der Waals surface area contributed by atoms with E-state index in [2.05, 4.69) is 9.97 Å². The summed E-state index contributed by atoms with van der Waals surface area (Å²) in [7, 11) is 0. The van der Waals surface area contributed by atoms with Crippen LogP contribution >= 0.6 is 0 Å². The first-order valence-electron chi connectivity index (χ1n) is 8.44. The molecule has 0 saturated heterocycles. The molecular formula is C18H24N3O3+. The van der Waals surface area contributed by atoms with Gasteiger partial charge in [-0.1, -0.05) is 30.3 Å². The van der Waals surface area contributed by atoms with Crippen LogP contribution < -0.4 is 10.5 Å². The third kappa shape index (κ3) is 3.90. The summed E-state index contributed by atoms with van der Waals surface area (Å²) in [5.41, 5.74) is 2.45. The second kappa shape index (κ2) is 7.70. The summed E-state index contributed by atoms with van der Waals surface area (Å²) < 4.78 is 5.25. The zero-order valence-electron chi connectivity index (χ0n) is 13.9. The van der Waals surface area contributed by atoms with Crippen molar-refractivity contribution >= 4 is 0 Å². The average Bonchev–Trinajstić information content (AvgIpc) is 2.61. The third-order valence-electron chi connectivity index (χ3n) is 4.33. The van der Waals surface area contributed by atoms with Crippen LogP contribution in [0.4, 0.5) is 0 Å². The highest BCUT2D eigenvalue weighted by atomic mass is 16.5. The molecule has 2 atom stereocenters. The number of hydrogen-bond acceptors (Lipinski definition) is 4. The lowest BCUT2D eigenvalue weighted by Crippen LogP contribution is -3.13. The molecule has 1 aromatic heterocycles. The van der Waals surface area contributed by atoms with Crippen molar-refractivity contribution in [3.63, 3.8) is 0 Å². The van der Waals surface area contributed by atoms with E-state index in [9.17, 15) is 9.90 Å². The van der Waals surface area contributed by atoms with Crippen LogP contribution in [0.3, 0.4) is 0 Å². The largest absolute Gasteiger partial charge is 0.385 e. The molecule has 0 fully saturated rings. The van der Waals surface area contributed by atoms with Gasteiger partial charge < -0.3 is 19.7 Å². The SMILES string of the molecule is CCOC[C@@H](O)C[NH+]1CCc2nc(-c3ccccc3)[nH]c(=O)c2C1. The fourth-order valence-electron chi connectivity index (χ4n) is 3.12. The van der Waals surface area contributed by atoms with Gasteiger partial charge >= 0.3 is 0 Å². The Bertz CT molecular complexity index is 730. The van der Waals surface area contributed by atoms with Crippen LogP contribution in [0.15, 0.2) is 35.1 Å². The number of H-pyrrole nitrogens is 1. The van der Waals surface area contributed by atoms with Gasteiger partial charge in [0.15, 0.2) is 0 Å². The van der Waals surface area contributed by atoms with Crippen molar-refractivity contribution in [3.05, 3.63) is 51.9 Å². The molecule has 0 amide bonds. The predicted octanol–water partition coefficient (Wildman–Crippen LogP) is -0.225. The fourth-order valence-corrected chi connectivity index (χ4v) is 3.12. The Hall–Kier alpha value is -2.02. The van der Waals surface area contributed by atoms with E-state index in [0.29, 0.717) is 32.1 Å². The number of hydrogen-bond donors (Lipinski definition) is 3. The van der Waals surface area contributed by atoms with Crippen molar-refractivity contribution in [2.45, 2.75) is 26.0 Å². The van der Waals surface area contributed by atoms with Gasteiger partial charge in [0.25, 0.3) is 5.56 Å². The molecule has 128 valence electrons. The second-order valence-electron chi connectivity index (χ2n) is 6.15. The molecule has 0 bridgehead atoms. The molecule has 1 unspecified atom stereocenters. The van der Waals surface area contributed by atoms with Gasteiger partial charge in [0, 0.05) is 18.6 Å². The summed E-state index contributed by atoms with van der Waals surface area (Å²) in [6, 6.07) is 9.68. The number of aromatic amines is 1. The number of aliphatic hydroxyl groups is 1. The molecule has 0 aliphatic carbocycles. The van der Waals surface area contributed by atoms with E-state index in [0.717, 1.165) is 29.8 Å². The van der Waals surface area contributed by atoms with Gasteiger partial charge in [-0.25, -0.2) is 4.98 Å². The fraction of sp³-hybridized carbons (Fsp3) is 0.444. The van der Waals surface area contributed by atoms with Gasteiger partial charge in [0.1, 0.15) is 25.0 Å². The van der Waals surface area contributed by atoms with E-state index in [1.54, 1.807) is 0 Å². The molecule has 2 heterocycles. The van der Waals surface area contributed by atoms with Crippen LogP contribution in [0.25, 0.3) is 11.4 Å². The first kappa shape index (κ1) is 16.8. The number of nitrogens with one attached hydrogen (secondary N) is 2. The molecule has 24 heavy (non-hydrogen) atoms. The normalized spacial score (nSPS) is 18.2. The zero-order valence-corrected chi connectivity index (χ0v) is 13.9. The van der Waals surface area contributed by atoms with Crippen molar-refractivity contribution in [3.8, 4) is 11.4 Å². The Labute approximate surface area is 141 Å². The molecule has 6 heteroatoms. The van der Waals surface area contributed by atoms with Gasteiger partial charge in [-0.05, 0) is 6.92 Å². The number of aromatic nitrogens is 2. The maximum Gasteiger partial charge on any atom is 0.260 e. The van der Waals surface area contributed by atoms with Crippen molar-refractivity contribution in [2.24, 2.45) is 0 Å². The van der Waals surface area contributed by atoms with E-state index in [1.807, 2.05) is 37.3 Å². The van der Waals surface area contributed by atoms with Crippen molar-refractivity contribution in [1.82, 2.24) is 9.97 Å². The Balaban J connectivity index is 1.75. The van der Waals surface area contributed by atoms with E-state index >= 15 is 0 Å². The number of nitrogens with zero attached hydrogens (tertiary/aromatic N) is 1. The molecule has 1 aliphatic rings. The lowest BCUT2D eigenvalue weighted by molar-refractivity contribution is -0.919. The van der Waals surface area contributed by atoms with Gasteiger partial charge in [0.2, 0.25) is 0 Å². The number of benzene rings is 1. The molecule has 0 spiro atoms. The smallest absolute Gasteiger partial charge is 0.260 e. The Kier molecular flexibility index (Phi) is 5.40. The highest BCUT2D eigenvalue weighted by Gasteiger charge is 2.26. The van der Waals surface area contributed by atoms with E-state index in [-0.39, 0.29) is 5.56 Å². The maximum atomic E-state index is 12.5. The van der Waals surface area contributed by atoms with Crippen LogP contribution in [-0.2, 0) is 17.7 Å². The summed E-state index contributed by atoms with van der Waals surface area (Å²) in [6.45, 7) is 4.89. The molecule has 0 radical (unpaired) electrons. The zero-order chi connectivity index (χ0) is 16.9. The summed E-state index contributed by atoms with van der Waals surface area (Å²) in [5.74, 6) is 0.624. The van der Waals surface area contributed by atoms with Crippen LogP contribution in [0.2, 0.25) is 0 Å². The lowest BCUT2D eigenvalue weighted by Gasteiger charge is -2.26. The number of rotatable bonds is 6. The molecule has 3 N–H and O–H groups in total. The van der Waals surface area contributed by atoms with Gasteiger partial charge in [-0.2, -0.15) is 0 Å². The topological polar surface area (TPSA) is 79.7 Å². The van der Waals surface area contributed by atoms with Crippen LogP contribution in [0.1, 0.15) is 18.2 Å². The van der Waals surface area contributed by atoms with Crippen LogP contribution in [0.5, 0.6) is 0 Å². The summed E-state index contributed by atoms with van der Waals surface area (Å²) in [4.78, 5) is 21.2. The lowest BCUT2D eigenvalue weighted by atomic mass is 10.1. The van der Waals surface area contributed by atoms with Gasteiger partial charge in [0.05, 0.1) is 24.4 Å². The van der Waals surface area contributed by atoms with Crippen molar-refractivity contribution < 1.29 is 14.7 Å². The molecular weight excluding hydrogens is 306 g/mol.